The van der Waals surface area contributed by atoms with Crippen LogP contribution in [0, 0.1) is 23.7 Å². The number of primary amides is 1. The molecule has 89 heavy (non-hydrogen) atoms. The lowest BCUT2D eigenvalue weighted by molar-refractivity contribution is -0.157. The molecule has 31 heteroatoms. The summed E-state index contributed by atoms with van der Waals surface area (Å²) >= 11 is 0. The zero-order valence-corrected chi connectivity index (χ0v) is 52.4. The molecule has 0 radical (unpaired) electrons. The SMILES string of the molecule is CC[C@H](C)[C@H](NC(=O)[C@H](NC(=O)[C@@H](CCC(N)=O)NC(=O)[C@H](CO)NC(=O)[C@@H](NC(=O)[C@@H](Cc1ccccc1)NC)[C@@H](C)CCO)[C@@H](C)CC)C(=O)N[C@@H](CO)C(=O)N[C@H]1C(=O)N[C@@H](C)C(=O)N[C@@H](C[C@H]2CN=C(N)N2)C(=O)N[C@@H]([C@@H](C)CC)C(=O)O[C@H]1C. The average molecular weight is 1260 g/mol. The number of esters is 1. The average Bonchev–Trinajstić information content (AvgIpc) is 2.69. The molecule has 0 aliphatic carbocycles. The maximum Gasteiger partial charge on any atom is 0.329 e. The van der Waals surface area contributed by atoms with E-state index in [9.17, 15) is 72.9 Å². The Morgan fingerprint density at radius 3 is 1.65 bits per heavy atom. The van der Waals surface area contributed by atoms with E-state index in [4.69, 9.17) is 16.2 Å². The molecule has 2 aliphatic heterocycles. The van der Waals surface area contributed by atoms with Crippen molar-refractivity contribution in [2.24, 2.45) is 40.1 Å². The Bertz CT molecular complexity index is 2630. The van der Waals surface area contributed by atoms with Gasteiger partial charge in [0.1, 0.15) is 66.5 Å². The highest BCUT2D eigenvalue weighted by molar-refractivity contribution is 5.99. The minimum Gasteiger partial charge on any atom is -0.458 e. The van der Waals surface area contributed by atoms with E-state index in [-0.39, 0.29) is 51.2 Å². The van der Waals surface area contributed by atoms with E-state index < -0.39 is 199 Å². The number of carbonyl (C=O) groups excluding carboxylic acids is 12. The topological polar surface area (TPSA) is 484 Å². The Morgan fingerprint density at radius 2 is 1.15 bits per heavy atom. The van der Waals surface area contributed by atoms with Gasteiger partial charge in [0.25, 0.3) is 0 Å². The minimum atomic E-state index is -1.83. The van der Waals surface area contributed by atoms with Crippen molar-refractivity contribution in [3.63, 3.8) is 0 Å². The van der Waals surface area contributed by atoms with Crippen molar-refractivity contribution in [3.8, 4) is 0 Å². The summed E-state index contributed by atoms with van der Waals surface area (Å²) in [5, 5.41) is 61.8. The number of nitrogens with one attached hydrogen (secondary N) is 12. The standard InChI is InChI=1S/C58H95N15O16/c1-11-28(4)42(53(84)68-40(27-76)52(83)73-46-33(9)89-57(88)45(30(6)13-3)72-50(81)38(24-35-25-62-58(60)64-35)66-47(78)32(8)63-56(46)87)71-55(86)43(29(5)12-2)69-48(79)36(19-20-41(59)77)65-51(82)39(26-75)67-54(85)44(31(7)21-22-74)70-49(80)37(61-10)23-34-17-15-14-16-18-34/h14-18,28-33,35-40,42-46,61,74-76H,11-13,19-27H2,1-10H3,(H2,59,77)(H,63,87)(H,65,82)(H,66,78)(H,67,85)(H,68,84)(H,69,79)(H,70,80)(H,71,86)(H,72,81)(H,73,83)(H3,60,62,64)/t28-,29-,30-,31-,32-,33-,35-,36+,37+,38-,39-,40-,42-,43+,44-,45-,46+/m0/s1. The molecule has 2 aliphatic rings. The van der Waals surface area contributed by atoms with Crippen molar-refractivity contribution >= 4 is 76.9 Å². The number of aliphatic imine (C=N–C) groups is 1. The van der Waals surface area contributed by atoms with E-state index in [0.717, 1.165) is 5.56 Å². The molecule has 17 atom stereocenters. The number of benzene rings is 1. The van der Waals surface area contributed by atoms with Gasteiger partial charge in [0, 0.05) is 13.0 Å². The van der Waals surface area contributed by atoms with Gasteiger partial charge >= 0.3 is 5.97 Å². The van der Waals surface area contributed by atoms with Gasteiger partial charge in [-0.3, -0.25) is 57.7 Å². The Hall–Kier alpha value is -8.03. The normalized spacial score (nSPS) is 22.6. The fourth-order valence-corrected chi connectivity index (χ4v) is 9.63. The van der Waals surface area contributed by atoms with E-state index in [2.05, 4.69) is 68.8 Å². The summed E-state index contributed by atoms with van der Waals surface area (Å²) in [6.45, 7) is 11.9. The number of nitrogens with zero attached hydrogens (tertiary/aromatic N) is 1. The van der Waals surface area contributed by atoms with Gasteiger partial charge in [-0.15, -0.1) is 0 Å². The summed E-state index contributed by atoms with van der Waals surface area (Å²) in [5.74, 6) is -13.7. The van der Waals surface area contributed by atoms with Crippen LogP contribution in [0.3, 0.4) is 0 Å². The molecule has 1 fully saturated rings. The van der Waals surface area contributed by atoms with Gasteiger partial charge in [0.15, 0.2) is 5.96 Å². The van der Waals surface area contributed by atoms with Crippen molar-refractivity contribution in [3.05, 3.63) is 35.9 Å². The van der Waals surface area contributed by atoms with Crippen LogP contribution in [0.4, 0.5) is 0 Å². The second-order valence-corrected chi connectivity index (χ2v) is 22.9. The first-order valence-corrected chi connectivity index (χ1v) is 30.2. The van der Waals surface area contributed by atoms with Crippen molar-refractivity contribution in [1.82, 2.24) is 63.8 Å². The lowest BCUT2D eigenvalue weighted by Gasteiger charge is -2.31. The number of guanidine groups is 1. The van der Waals surface area contributed by atoms with Gasteiger partial charge in [-0.25, -0.2) is 4.79 Å². The van der Waals surface area contributed by atoms with E-state index in [1.165, 1.54) is 13.8 Å². The molecule has 1 aromatic carbocycles. The molecular weight excluding hydrogens is 1160 g/mol. The first-order valence-electron chi connectivity index (χ1n) is 30.2. The number of aliphatic hydroxyl groups is 3. The summed E-state index contributed by atoms with van der Waals surface area (Å²) in [4.78, 5) is 170. The van der Waals surface area contributed by atoms with Gasteiger partial charge < -0.3 is 95.3 Å². The lowest BCUT2D eigenvalue weighted by Crippen LogP contribution is -2.63. The lowest BCUT2D eigenvalue weighted by atomic mass is 9.94. The summed E-state index contributed by atoms with van der Waals surface area (Å²) in [6, 6.07) is -7.36. The first kappa shape index (κ1) is 75.2. The largest absolute Gasteiger partial charge is 0.458 e. The van der Waals surface area contributed by atoms with E-state index in [1.807, 2.05) is 18.2 Å². The maximum atomic E-state index is 14.4. The third kappa shape index (κ3) is 23.1. The number of carbonyl (C=O) groups is 12. The third-order valence-corrected chi connectivity index (χ3v) is 16.1. The predicted octanol–water partition coefficient (Wildman–Crippen LogP) is -5.29. The van der Waals surface area contributed by atoms with E-state index in [1.54, 1.807) is 67.6 Å². The molecule has 0 saturated carbocycles. The zero-order valence-electron chi connectivity index (χ0n) is 52.4. The van der Waals surface area contributed by atoms with Crippen molar-refractivity contribution < 1.29 is 77.6 Å². The predicted molar refractivity (Wildman–Crippen MR) is 323 cm³/mol. The molecule has 11 amide bonds. The first-order chi connectivity index (χ1) is 42.1. The highest BCUT2D eigenvalue weighted by atomic mass is 16.5. The molecule has 0 unspecified atom stereocenters. The fraction of sp³-hybridized carbons (Fsp3) is 0.672. The number of cyclic esters (lactones) is 1. The second kappa shape index (κ2) is 37.1. The Kier molecular flexibility index (Phi) is 31.3. The number of nitrogens with two attached hydrogens (primary N) is 2. The summed E-state index contributed by atoms with van der Waals surface area (Å²) in [5.41, 5.74) is 12.0. The molecule has 19 N–H and O–H groups in total. The van der Waals surface area contributed by atoms with Crippen LogP contribution in [-0.4, -0.2) is 204 Å². The van der Waals surface area contributed by atoms with Gasteiger partial charge in [-0.2, -0.15) is 0 Å². The van der Waals surface area contributed by atoms with Crippen molar-refractivity contribution in [2.75, 3.05) is 33.4 Å². The van der Waals surface area contributed by atoms with E-state index in [0.29, 0.717) is 6.42 Å². The highest BCUT2D eigenvalue weighted by Crippen LogP contribution is 2.18. The number of rotatable bonds is 33. The van der Waals surface area contributed by atoms with Crippen molar-refractivity contribution in [2.45, 2.75) is 192 Å². The van der Waals surface area contributed by atoms with Gasteiger partial charge in [-0.1, -0.05) is 98.1 Å². The smallest absolute Gasteiger partial charge is 0.329 e. The van der Waals surface area contributed by atoms with Crippen molar-refractivity contribution in [1.29, 1.82) is 0 Å². The molecule has 2 heterocycles. The van der Waals surface area contributed by atoms with Gasteiger partial charge in [0.05, 0.1) is 31.8 Å². The van der Waals surface area contributed by atoms with Gasteiger partial charge in [-0.05, 0) is 75.8 Å². The molecule has 1 saturated heterocycles. The Labute approximate surface area is 518 Å². The van der Waals surface area contributed by atoms with Crippen LogP contribution in [0.1, 0.15) is 113 Å². The minimum absolute atomic E-state index is 0.0148. The molecule has 0 spiro atoms. The number of hydrogen-bond acceptors (Lipinski definition) is 20. The van der Waals surface area contributed by atoms with E-state index >= 15 is 0 Å². The third-order valence-electron chi connectivity index (χ3n) is 16.1. The molecule has 3 rings (SSSR count). The maximum absolute atomic E-state index is 14.4. The summed E-state index contributed by atoms with van der Waals surface area (Å²) < 4.78 is 5.72. The molecule has 1 aromatic rings. The number of likely N-dealkylation sites (N-methyl/N-ethyl adjacent to an activating group) is 1. The molecule has 31 nitrogen and oxygen atoms in total. The monoisotopic (exact) mass is 1260 g/mol. The van der Waals surface area contributed by atoms with Crippen LogP contribution in [-0.2, 0) is 68.7 Å². The zero-order chi connectivity index (χ0) is 66.8. The van der Waals surface area contributed by atoms with Crippen LogP contribution in [0.15, 0.2) is 35.3 Å². The number of ether oxygens (including phenoxy) is 1. The summed E-state index contributed by atoms with van der Waals surface area (Å²) in [6.07, 6.45) is -1.27. The highest BCUT2D eigenvalue weighted by Gasteiger charge is 2.41. The Morgan fingerprint density at radius 1 is 0.629 bits per heavy atom. The van der Waals surface area contributed by atoms with Gasteiger partial charge in [0.2, 0.25) is 65.0 Å². The molecule has 0 aromatic heterocycles. The quantitative estimate of drug-likeness (QED) is 0.0292. The Balaban J connectivity index is 1.85. The molecular formula is C58H95N15O16. The number of aliphatic hydroxyl groups excluding tert-OH is 3. The van der Waals surface area contributed by atoms with Crippen LogP contribution >= 0.6 is 0 Å². The number of hydrogen-bond donors (Lipinski definition) is 17. The second-order valence-electron chi connectivity index (χ2n) is 22.9. The molecule has 498 valence electrons. The van der Waals surface area contributed by atoms with Crippen LogP contribution in [0.25, 0.3) is 0 Å². The van der Waals surface area contributed by atoms with Crippen LogP contribution in [0.2, 0.25) is 0 Å². The molecule has 0 bridgehead atoms. The number of amides is 11. The van der Waals surface area contributed by atoms with Crippen LogP contribution in [0.5, 0.6) is 0 Å². The summed E-state index contributed by atoms with van der Waals surface area (Å²) in [7, 11) is 1.56. The van der Waals surface area contributed by atoms with Crippen LogP contribution < -0.4 is 75.3 Å². The fourth-order valence-electron chi connectivity index (χ4n) is 9.63.